The smallest absolute Gasteiger partial charge is 0.251 e. The number of nitrogens with one attached hydrogen (secondary N) is 2. The summed E-state index contributed by atoms with van der Waals surface area (Å²) in [5.74, 6) is -0.0126. The van der Waals surface area contributed by atoms with Gasteiger partial charge in [0.1, 0.15) is 0 Å². The molecule has 1 aliphatic rings. The average Bonchev–Trinajstić information content (AvgIpc) is 2.28. The molecule has 1 amide bonds. The topological polar surface area (TPSA) is 41.1 Å². The number of carbonyl (C=O) groups excluding carboxylic acids is 1. The second-order valence-corrected chi connectivity index (χ2v) is 6.75. The third-order valence-corrected chi connectivity index (χ3v) is 4.16. The summed E-state index contributed by atoms with van der Waals surface area (Å²) in [7, 11) is 0. The van der Waals surface area contributed by atoms with Gasteiger partial charge in [0, 0.05) is 20.0 Å². The first-order valence-electron chi connectivity index (χ1n) is 5.98. The van der Waals surface area contributed by atoms with E-state index in [1.165, 1.54) is 0 Å². The minimum atomic E-state index is -0.100. The molecule has 2 N–H and O–H groups in total. The lowest BCUT2D eigenvalue weighted by Crippen LogP contribution is -2.52. The van der Waals surface area contributed by atoms with Gasteiger partial charge in [-0.15, -0.1) is 0 Å². The highest BCUT2D eigenvalue weighted by molar-refractivity contribution is 9.11. The molecule has 0 bridgehead atoms. The maximum absolute atomic E-state index is 12.2. The third kappa shape index (κ3) is 3.56. The summed E-state index contributed by atoms with van der Waals surface area (Å²) in [6.45, 7) is 4.02. The van der Waals surface area contributed by atoms with Crippen molar-refractivity contribution in [2.45, 2.75) is 25.3 Å². The van der Waals surface area contributed by atoms with Crippen LogP contribution in [0, 0.1) is 0 Å². The van der Waals surface area contributed by atoms with Gasteiger partial charge in [-0.3, -0.25) is 4.79 Å². The molecule has 1 aromatic carbocycles. The van der Waals surface area contributed by atoms with Gasteiger partial charge in [0.15, 0.2) is 0 Å². The maximum Gasteiger partial charge on any atom is 0.251 e. The van der Waals surface area contributed by atoms with E-state index in [9.17, 15) is 4.79 Å². The Morgan fingerprint density at radius 3 is 2.33 bits per heavy atom. The van der Waals surface area contributed by atoms with Gasteiger partial charge in [0.05, 0.1) is 0 Å². The molecule has 1 saturated heterocycles. The van der Waals surface area contributed by atoms with Gasteiger partial charge in [-0.05, 0) is 51.1 Å². The van der Waals surface area contributed by atoms with Crippen molar-refractivity contribution in [2.75, 3.05) is 13.1 Å². The number of halogens is 2. The second kappa shape index (κ2) is 5.72. The third-order valence-electron chi connectivity index (χ3n) is 3.25. The lowest BCUT2D eigenvalue weighted by molar-refractivity contribution is 0.0887. The van der Waals surface area contributed by atoms with Crippen molar-refractivity contribution in [3.8, 4) is 0 Å². The summed E-state index contributed by atoms with van der Waals surface area (Å²) in [4.78, 5) is 12.2. The average molecular weight is 376 g/mol. The van der Waals surface area contributed by atoms with Gasteiger partial charge in [-0.1, -0.05) is 31.9 Å². The fourth-order valence-electron chi connectivity index (χ4n) is 2.13. The van der Waals surface area contributed by atoms with Crippen LogP contribution in [-0.4, -0.2) is 24.5 Å². The van der Waals surface area contributed by atoms with Crippen molar-refractivity contribution >= 4 is 37.8 Å². The van der Waals surface area contributed by atoms with E-state index in [1.54, 1.807) is 0 Å². The van der Waals surface area contributed by atoms with Gasteiger partial charge in [0.2, 0.25) is 0 Å². The van der Waals surface area contributed by atoms with E-state index in [0.717, 1.165) is 34.9 Å². The zero-order valence-corrected chi connectivity index (χ0v) is 13.4. The first-order valence-corrected chi connectivity index (χ1v) is 7.56. The summed E-state index contributed by atoms with van der Waals surface area (Å²) in [5, 5.41) is 6.45. The number of rotatable bonds is 2. The van der Waals surface area contributed by atoms with Crippen molar-refractivity contribution < 1.29 is 4.79 Å². The van der Waals surface area contributed by atoms with E-state index in [0.29, 0.717) is 5.56 Å². The SMILES string of the molecule is CC1(NC(=O)c2cc(Br)cc(Br)c2)CCNCC1. The van der Waals surface area contributed by atoms with Crippen LogP contribution in [0.3, 0.4) is 0 Å². The van der Waals surface area contributed by atoms with Crippen molar-refractivity contribution in [3.63, 3.8) is 0 Å². The highest BCUT2D eigenvalue weighted by Crippen LogP contribution is 2.22. The van der Waals surface area contributed by atoms with Crippen molar-refractivity contribution in [2.24, 2.45) is 0 Å². The number of piperidine rings is 1. The Morgan fingerprint density at radius 1 is 1.22 bits per heavy atom. The molecule has 1 fully saturated rings. The van der Waals surface area contributed by atoms with Crippen LogP contribution in [0.5, 0.6) is 0 Å². The Labute approximate surface area is 124 Å². The van der Waals surface area contributed by atoms with Crippen molar-refractivity contribution in [1.82, 2.24) is 10.6 Å². The Balaban J connectivity index is 2.11. The summed E-state index contributed by atoms with van der Waals surface area (Å²) in [6.07, 6.45) is 1.93. The molecule has 0 spiro atoms. The zero-order valence-electron chi connectivity index (χ0n) is 10.2. The van der Waals surface area contributed by atoms with Crippen LogP contribution in [0.1, 0.15) is 30.1 Å². The van der Waals surface area contributed by atoms with Gasteiger partial charge >= 0.3 is 0 Å². The fraction of sp³-hybridized carbons (Fsp3) is 0.462. The first-order chi connectivity index (χ1) is 8.48. The Morgan fingerprint density at radius 2 is 1.78 bits per heavy atom. The molecule has 0 unspecified atom stereocenters. The lowest BCUT2D eigenvalue weighted by atomic mass is 9.90. The molecular formula is C13H16Br2N2O. The molecule has 3 nitrogen and oxygen atoms in total. The van der Waals surface area contributed by atoms with Gasteiger partial charge in [0.25, 0.3) is 5.91 Å². The fourth-order valence-corrected chi connectivity index (χ4v) is 3.43. The zero-order chi connectivity index (χ0) is 13.2. The van der Waals surface area contributed by atoms with E-state index >= 15 is 0 Å². The molecule has 0 radical (unpaired) electrons. The van der Waals surface area contributed by atoms with E-state index in [2.05, 4.69) is 49.4 Å². The minimum Gasteiger partial charge on any atom is -0.347 e. The number of amides is 1. The van der Waals surface area contributed by atoms with E-state index < -0.39 is 0 Å². The number of benzene rings is 1. The molecule has 98 valence electrons. The summed E-state index contributed by atoms with van der Waals surface area (Å²) < 4.78 is 1.80. The Hall–Kier alpha value is -0.390. The van der Waals surface area contributed by atoms with Crippen LogP contribution < -0.4 is 10.6 Å². The molecule has 0 saturated carbocycles. The van der Waals surface area contributed by atoms with Crippen LogP contribution in [-0.2, 0) is 0 Å². The van der Waals surface area contributed by atoms with Gasteiger partial charge in [-0.25, -0.2) is 0 Å². The molecule has 18 heavy (non-hydrogen) atoms. The van der Waals surface area contributed by atoms with Crippen LogP contribution in [0.2, 0.25) is 0 Å². The summed E-state index contributed by atoms with van der Waals surface area (Å²) >= 11 is 6.80. The maximum atomic E-state index is 12.2. The normalized spacial score (nSPS) is 18.4. The summed E-state index contributed by atoms with van der Waals surface area (Å²) in [5.41, 5.74) is 0.577. The van der Waals surface area contributed by atoms with E-state index in [-0.39, 0.29) is 11.4 Å². The highest BCUT2D eigenvalue weighted by Gasteiger charge is 2.28. The molecule has 1 aliphatic heterocycles. The molecule has 5 heteroatoms. The monoisotopic (exact) mass is 374 g/mol. The summed E-state index contributed by atoms with van der Waals surface area (Å²) in [6, 6.07) is 5.60. The Bertz CT molecular complexity index is 436. The number of hydrogen-bond acceptors (Lipinski definition) is 2. The highest BCUT2D eigenvalue weighted by atomic mass is 79.9. The predicted molar refractivity (Wildman–Crippen MR) is 79.8 cm³/mol. The Kier molecular flexibility index (Phi) is 4.45. The van der Waals surface area contributed by atoms with Gasteiger partial charge in [-0.2, -0.15) is 0 Å². The van der Waals surface area contributed by atoms with Crippen LogP contribution >= 0.6 is 31.9 Å². The molecule has 0 atom stereocenters. The van der Waals surface area contributed by atoms with Crippen LogP contribution in [0.4, 0.5) is 0 Å². The minimum absolute atomic E-state index is 0.0126. The largest absolute Gasteiger partial charge is 0.347 e. The standard InChI is InChI=1S/C13H16Br2N2O/c1-13(2-4-16-5-3-13)17-12(18)9-6-10(14)8-11(15)7-9/h6-8,16H,2-5H2,1H3,(H,17,18). The van der Waals surface area contributed by atoms with E-state index in [1.807, 2.05) is 18.2 Å². The molecule has 1 heterocycles. The van der Waals surface area contributed by atoms with Crippen LogP contribution in [0.15, 0.2) is 27.1 Å². The first kappa shape index (κ1) is 14.0. The quantitative estimate of drug-likeness (QED) is 0.833. The van der Waals surface area contributed by atoms with Gasteiger partial charge < -0.3 is 10.6 Å². The number of carbonyl (C=O) groups is 1. The predicted octanol–water partition coefficient (Wildman–Crippen LogP) is 3.08. The van der Waals surface area contributed by atoms with E-state index in [4.69, 9.17) is 0 Å². The second-order valence-electron chi connectivity index (χ2n) is 4.92. The molecular weight excluding hydrogens is 360 g/mol. The molecule has 1 aromatic rings. The molecule has 2 rings (SSSR count). The van der Waals surface area contributed by atoms with Crippen molar-refractivity contribution in [3.05, 3.63) is 32.7 Å². The van der Waals surface area contributed by atoms with Crippen molar-refractivity contribution in [1.29, 1.82) is 0 Å². The molecule has 0 aliphatic carbocycles. The molecule has 0 aromatic heterocycles. The lowest BCUT2D eigenvalue weighted by Gasteiger charge is -2.35. The number of hydrogen-bond donors (Lipinski definition) is 2. The van der Waals surface area contributed by atoms with Crippen LogP contribution in [0.25, 0.3) is 0 Å².